The van der Waals surface area contributed by atoms with Crippen LogP contribution in [0.4, 0.5) is 0 Å². The Morgan fingerprint density at radius 1 is 0.529 bits per heavy atom. The second kappa shape index (κ2) is 8.68. The molecule has 162 valence electrons. The van der Waals surface area contributed by atoms with Crippen molar-refractivity contribution in [2.45, 2.75) is 0 Å². The predicted molar refractivity (Wildman–Crippen MR) is 137 cm³/mol. The fourth-order valence-electron chi connectivity index (χ4n) is 4.26. The number of nitrogens with one attached hydrogen (secondary N) is 1. The summed E-state index contributed by atoms with van der Waals surface area (Å²) in [4.78, 5) is 13.5. The molecule has 0 fully saturated rings. The van der Waals surface area contributed by atoms with Crippen LogP contribution in [0.25, 0.3) is 51.1 Å². The number of hydrogen-bond acceptors (Lipinski definition) is 2. The number of nitrogens with zero attached hydrogens (tertiary/aromatic N) is 3. The van der Waals surface area contributed by atoms with Gasteiger partial charge in [0.05, 0.1) is 23.3 Å². The van der Waals surface area contributed by atoms with Crippen LogP contribution in [0.2, 0.25) is 0 Å². The van der Waals surface area contributed by atoms with E-state index in [9.17, 15) is 0 Å². The lowest BCUT2D eigenvalue weighted by Gasteiger charge is -2.11. The number of rotatable bonds is 5. The Balaban J connectivity index is 1.65. The molecule has 6 rings (SSSR count). The van der Waals surface area contributed by atoms with Crippen LogP contribution in [0, 0.1) is 0 Å². The molecule has 0 aliphatic rings. The van der Waals surface area contributed by atoms with E-state index in [4.69, 9.17) is 9.97 Å². The summed E-state index contributed by atoms with van der Waals surface area (Å²) in [6, 6.07) is 41.2. The fourth-order valence-corrected chi connectivity index (χ4v) is 4.26. The summed E-state index contributed by atoms with van der Waals surface area (Å²) in [7, 11) is 0. The highest BCUT2D eigenvalue weighted by atomic mass is 15.2. The van der Waals surface area contributed by atoms with Gasteiger partial charge in [-0.3, -0.25) is 4.57 Å². The van der Waals surface area contributed by atoms with E-state index >= 15 is 0 Å². The summed E-state index contributed by atoms with van der Waals surface area (Å²) < 4.78 is 2.14. The van der Waals surface area contributed by atoms with Gasteiger partial charge in [0, 0.05) is 16.7 Å². The molecular formula is C30H22N4. The maximum atomic E-state index is 5.19. The number of benzene rings is 4. The number of aromatic nitrogens is 4. The minimum Gasteiger partial charge on any atom is -0.323 e. The van der Waals surface area contributed by atoms with Crippen molar-refractivity contribution in [3.63, 3.8) is 0 Å². The summed E-state index contributed by atoms with van der Waals surface area (Å²) >= 11 is 0. The second-order valence-electron chi connectivity index (χ2n) is 8.05. The highest BCUT2D eigenvalue weighted by molar-refractivity contribution is 5.83. The van der Waals surface area contributed by atoms with Gasteiger partial charge in [0.1, 0.15) is 5.82 Å². The smallest absolute Gasteiger partial charge is 0.213 e. The first kappa shape index (κ1) is 19.9. The van der Waals surface area contributed by atoms with Crippen molar-refractivity contribution in [3.05, 3.63) is 128 Å². The van der Waals surface area contributed by atoms with E-state index in [1.54, 1.807) is 0 Å². The van der Waals surface area contributed by atoms with Crippen molar-refractivity contribution in [1.82, 2.24) is 19.5 Å². The van der Waals surface area contributed by atoms with Gasteiger partial charge in [-0.05, 0) is 5.56 Å². The van der Waals surface area contributed by atoms with Crippen LogP contribution < -0.4 is 0 Å². The topological polar surface area (TPSA) is 46.5 Å². The SMILES string of the molecule is c1ccc(-c2cnc(-n3c(-c4ccccc4)nc(-c4ccccc4)c3-c3ccccc3)[nH]2)cc1. The maximum absolute atomic E-state index is 5.19. The molecule has 0 saturated heterocycles. The van der Waals surface area contributed by atoms with Crippen molar-refractivity contribution in [1.29, 1.82) is 0 Å². The summed E-state index contributed by atoms with van der Waals surface area (Å²) in [5, 5.41) is 0. The first-order valence-corrected chi connectivity index (χ1v) is 11.3. The van der Waals surface area contributed by atoms with Gasteiger partial charge in [0.25, 0.3) is 0 Å². The van der Waals surface area contributed by atoms with Crippen LogP contribution in [-0.4, -0.2) is 19.5 Å². The van der Waals surface area contributed by atoms with E-state index < -0.39 is 0 Å². The molecule has 0 spiro atoms. The molecule has 0 aliphatic heterocycles. The van der Waals surface area contributed by atoms with E-state index in [0.29, 0.717) is 0 Å². The predicted octanol–water partition coefficient (Wildman–Crippen LogP) is 7.26. The summed E-state index contributed by atoms with van der Waals surface area (Å²) in [5.41, 5.74) is 7.14. The molecule has 0 unspecified atom stereocenters. The van der Waals surface area contributed by atoms with Gasteiger partial charge < -0.3 is 4.98 Å². The normalized spacial score (nSPS) is 10.9. The Morgan fingerprint density at radius 3 is 1.62 bits per heavy atom. The van der Waals surface area contributed by atoms with Gasteiger partial charge in [-0.15, -0.1) is 0 Å². The number of aromatic amines is 1. The average molecular weight is 439 g/mol. The quantitative estimate of drug-likeness (QED) is 0.308. The molecule has 0 amide bonds. The Kier molecular flexibility index (Phi) is 5.09. The van der Waals surface area contributed by atoms with Gasteiger partial charge in [0.2, 0.25) is 5.95 Å². The molecular weight excluding hydrogens is 416 g/mol. The van der Waals surface area contributed by atoms with Gasteiger partial charge >= 0.3 is 0 Å². The van der Waals surface area contributed by atoms with Gasteiger partial charge in [0.15, 0.2) is 0 Å². The molecule has 2 aromatic heterocycles. The molecule has 4 nitrogen and oxygen atoms in total. The minimum atomic E-state index is 0.728. The van der Waals surface area contributed by atoms with Crippen LogP contribution in [0.3, 0.4) is 0 Å². The third kappa shape index (κ3) is 3.61. The van der Waals surface area contributed by atoms with E-state index in [0.717, 1.165) is 51.1 Å². The van der Waals surface area contributed by atoms with Crippen molar-refractivity contribution < 1.29 is 0 Å². The molecule has 0 atom stereocenters. The van der Waals surface area contributed by atoms with Crippen molar-refractivity contribution in [3.8, 4) is 51.1 Å². The van der Waals surface area contributed by atoms with Crippen LogP contribution in [0.1, 0.15) is 0 Å². The lowest BCUT2D eigenvalue weighted by molar-refractivity contribution is 0.976. The zero-order valence-electron chi connectivity index (χ0n) is 18.5. The molecule has 0 radical (unpaired) electrons. The van der Waals surface area contributed by atoms with Crippen LogP contribution >= 0.6 is 0 Å². The Bertz CT molecular complexity index is 1520. The third-order valence-corrected chi connectivity index (χ3v) is 5.86. The zero-order chi connectivity index (χ0) is 22.7. The number of imidazole rings is 2. The van der Waals surface area contributed by atoms with Crippen LogP contribution in [-0.2, 0) is 0 Å². The standard InChI is InChI=1S/C30H22N4/c1-5-13-22(14-6-1)26-21-31-30(32-26)34-28(24-17-9-3-10-18-24)27(23-15-7-2-8-16-23)33-29(34)25-19-11-4-12-20-25/h1-21H,(H,31,32). The minimum absolute atomic E-state index is 0.728. The summed E-state index contributed by atoms with van der Waals surface area (Å²) in [6.45, 7) is 0. The Labute approximate surface area is 198 Å². The third-order valence-electron chi connectivity index (χ3n) is 5.86. The molecule has 4 heteroatoms. The molecule has 34 heavy (non-hydrogen) atoms. The average Bonchev–Trinajstić information content (AvgIpc) is 3.56. The van der Waals surface area contributed by atoms with E-state index in [1.807, 2.05) is 66.9 Å². The molecule has 0 aliphatic carbocycles. The monoisotopic (exact) mass is 438 g/mol. The molecule has 2 heterocycles. The number of hydrogen-bond donors (Lipinski definition) is 1. The van der Waals surface area contributed by atoms with Crippen LogP contribution in [0.5, 0.6) is 0 Å². The summed E-state index contributed by atoms with van der Waals surface area (Å²) in [5.74, 6) is 1.57. The first-order chi connectivity index (χ1) is 16.9. The van der Waals surface area contributed by atoms with Gasteiger partial charge in [-0.1, -0.05) is 121 Å². The highest BCUT2D eigenvalue weighted by Gasteiger charge is 2.23. The molecule has 6 aromatic rings. The lowest BCUT2D eigenvalue weighted by atomic mass is 10.0. The fraction of sp³-hybridized carbons (Fsp3) is 0. The van der Waals surface area contributed by atoms with Crippen molar-refractivity contribution in [2.75, 3.05) is 0 Å². The van der Waals surface area contributed by atoms with Crippen LogP contribution in [0.15, 0.2) is 128 Å². The van der Waals surface area contributed by atoms with E-state index in [1.165, 1.54) is 0 Å². The number of H-pyrrole nitrogens is 1. The molecule has 4 aromatic carbocycles. The molecule has 0 bridgehead atoms. The largest absolute Gasteiger partial charge is 0.323 e. The van der Waals surface area contributed by atoms with Crippen molar-refractivity contribution in [2.24, 2.45) is 0 Å². The van der Waals surface area contributed by atoms with Gasteiger partial charge in [-0.2, -0.15) is 0 Å². The molecule has 1 N–H and O–H groups in total. The Morgan fingerprint density at radius 2 is 1.03 bits per heavy atom. The summed E-state index contributed by atoms with van der Waals surface area (Å²) in [6.07, 6.45) is 1.89. The van der Waals surface area contributed by atoms with E-state index in [2.05, 4.69) is 70.2 Å². The first-order valence-electron chi connectivity index (χ1n) is 11.3. The maximum Gasteiger partial charge on any atom is 0.213 e. The van der Waals surface area contributed by atoms with Gasteiger partial charge in [-0.25, -0.2) is 9.97 Å². The lowest BCUT2D eigenvalue weighted by Crippen LogP contribution is -2.02. The molecule has 0 saturated carbocycles. The van der Waals surface area contributed by atoms with Crippen molar-refractivity contribution >= 4 is 0 Å². The zero-order valence-corrected chi connectivity index (χ0v) is 18.5. The Hall–Kier alpha value is -4.70. The second-order valence-corrected chi connectivity index (χ2v) is 8.05. The van der Waals surface area contributed by atoms with E-state index in [-0.39, 0.29) is 0 Å². The highest BCUT2D eigenvalue weighted by Crippen LogP contribution is 2.38.